The highest BCUT2D eigenvalue weighted by atomic mass is 19.1. The van der Waals surface area contributed by atoms with Gasteiger partial charge in [0, 0.05) is 62.7 Å². The summed E-state index contributed by atoms with van der Waals surface area (Å²) in [4.78, 5) is 29.7. The Bertz CT molecular complexity index is 1260. The summed E-state index contributed by atoms with van der Waals surface area (Å²) in [5.41, 5.74) is -0.347. The van der Waals surface area contributed by atoms with Gasteiger partial charge in [0.1, 0.15) is 29.8 Å². The highest BCUT2D eigenvalue weighted by molar-refractivity contribution is 5.86. The van der Waals surface area contributed by atoms with E-state index >= 15 is 4.39 Å². The minimum absolute atomic E-state index is 0.0563. The fourth-order valence-electron chi connectivity index (χ4n) is 4.99. The molecule has 6 heterocycles. The van der Waals surface area contributed by atoms with Crippen LogP contribution in [0, 0.1) is 11.3 Å². The zero-order valence-corrected chi connectivity index (χ0v) is 17.1. The van der Waals surface area contributed by atoms with Crippen molar-refractivity contribution in [1.29, 1.82) is 5.26 Å². The number of likely N-dealkylation sites (tertiary alicyclic amines) is 1. The van der Waals surface area contributed by atoms with Crippen LogP contribution in [0.4, 0.5) is 10.2 Å². The van der Waals surface area contributed by atoms with Crippen molar-refractivity contribution < 1.29 is 13.9 Å². The van der Waals surface area contributed by atoms with Gasteiger partial charge in [0.25, 0.3) is 5.91 Å². The van der Waals surface area contributed by atoms with Crippen molar-refractivity contribution in [3.8, 4) is 11.8 Å². The number of pyridine rings is 1. The summed E-state index contributed by atoms with van der Waals surface area (Å²) < 4.78 is 23.5. The molecule has 0 unspecified atom stereocenters. The van der Waals surface area contributed by atoms with Crippen molar-refractivity contribution in [1.82, 2.24) is 29.5 Å². The van der Waals surface area contributed by atoms with Gasteiger partial charge in [0.15, 0.2) is 17.1 Å². The van der Waals surface area contributed by atoms with Gasteiger partial charge in [-0.1, -0.05) is 0 Å². The number of alkyl halides is 1. The molecule has 10 nitrogen and oxygen atoms in total. The number of ether oxygens (including phenoxy) is 1. The van der Waals surface area contributed by atoms with Crippen molar-refractivity contribution in [2.24, 2.45) is 0 Å². The third kappa shape index (κ3) is 2.72. The maximum absolute atomic E-state index is 16.0. The van der Waals surface area contributed by atoms with Crippen molar-refractivity contribution in [3.05, 3.63) is 42.2 Å². The van der Waals surface area contributed by atoms with E-state index in [1.54, 1.807) is 28.0 Å². The molecule has 11 heteroatoms. The van der Waals surface area contributed by atoms with Gasteiger partial charge in [-0.05, 0) is 0 Å². The number of carbonyl (C=O) groups excluding carboxylic acids is 1. The molecule has 0 spiro atoms. The average Bonchev–Trinajstić information content (AvgIpc) is 3.43. The number of anilines is 1. The summed E-state index contributed by atoms with van der Waals surface area (Å²) in [5, 5.41) is 13.5. The van der Waals surface area contributed by atoms with Crippen molar-refractivity contribution >= 4 is 17.4 Å². The summed E-state index contributed by atoms with van der Waals surface area (Å²) in [5.74, 6) is 0.584. The molecule has 3 aliphatic heterocycles. The number of fused-ring (bicyclic) bond motifs is 5. The Morgan fingerprint density at radius 1 is 1.28 bits per heavy atom. The highest BCUT2D eigenvalue weighted by Gasteiger charge is 2.51. The van der Waals surface area contributed by atoms with Crippen LogP contribution in [0.1, 0.15) is 36.4 Å². The Hall–Kier alpha value is -3.81. The quantitative estimate of drug-likeness (QED) is 0.595. The Labute approximate surface area is 182 Å². The number of hydrogen-bond donors (Lipinski definition) is 0. The highest BCUT2D eigenvalue weighted by Crippen LogP contribution is 2.46. The van der Waals surface area contributed by atoms with Crippen LogP contribution in [-0.2, 0) is 4.79 Å². The molecule has 1 amide bonds. The number of piperidine rings is 1. The Morgan fingerprint density at radius 2 is 2.12 bits per heavy atom. The van der Waals surface area contributed by atoms with E-state index in [1.807, 2.05) is 4.90 Å². The summed E-state index contributed by atoms with van der Waals surface area (Å²) in [7, 11) is 0. The Balaban J connectivity index is 1.23. The molecule has 6 rings (SSSR count). The van der Waals surface area contributed by atoms with Gasteiger partial charge < -0.3 is 14.5 Å². The van der Waals surface area contributed by atoms with Crippen LogP contribution in [0.25, 0.3) is 5.65 Å². The summed E-state index contributed by atoms with van der Waals surface area (Å²) in [6.45, 7) is 0.993. The predicted octanol–water partition coefficient (Wildman–Crippen LogP) is 1.43. The Morgan fingerprint density at radius 3 is 2.94 bits per heavy atom. The van der Waals surface area contributed by atoms with Crippen LogP contribution in [0.15, 0.2) is 31.1 Å². The van der Waals surface area contributed by atoms with Gasteiger partial charge in [-0.3, -0.25) is 9.78 Å². The number of nitriles is 1. The monoisotopic (exact) mass is 434 g/mol. The van der Waals surface area contributed by atoms with E-state index in [0.29, 0.717) is 54.4 Å². The molecule has 0 aliphatic carbocycles. The second kappa shape index (κ2) is 6.85. The second-order valence-electron chi connectivity index (χ2n) is 8.40. The van der Waals surface area contributed by atoms with E-state index in [2.05, 4.69) is 26.1 Å². The first-order chi connectivity index (χ1) is 15.6. The zero-order valence-electron chi connectivity index (χ0n) is 17.1. The van der Waals surface area contributed by atoms with Crippen LogP contribution >= 0.6 is 0 Å². The standard InChI is InChI=1S/C21H19FN8O2/c22-21(1-4-28(5-2-21)18-19-26-12-27-30(19)6-3-25-18)20(31)29-11-14-7-16(29)15-10-24-9-13(8-23)17(15)32-14/h3,6,9-10,12,14,16H,1-2,4-5,7,11H2/t14-,16-/m0/s1. The molecule has 0 saturated carbocycles. The molecule has 2 atom stereocenters. The Kier molecular flexibility index (Phi) is 4.05. The number of aromatic nitrogens is 5. The smallest absolute Gasteiger partial charge is 0.261 e. The van der Waals surface area contributed by atoms with E-state index in [0.717, 1.165) is 0 Å². The third-order valence-electron chi connectivity index (χ3n) is 6.63. The molecule has 32 heavy (non-hydrogen) atoms. The number of rotatable bonds is 2. The lowest BCUT2D eigenvalue weighted by atomic mass is 9.90. The van der Waals surface area contributed by atoms with Crippen LogP contribution in [0.5, 0.6) is 5.75 Å². The van der Waals surface area contributed by atoms with E-state index in [4.69, 9.17) is 4.74 Å². The first kappa shape index (κ1) is 18.9. The summed E-state index contributed by atoms with van der Waals surface area (Å²) >= 11 is 0. The molecular weight excluding hydrogens is 415 g/mol. The second-order valence-corrected chi connectivity index (χ2v) is 8.40. The molecular formula is C21H19FN8O2. The maximum Gasteiger partial charge on any atom is 0.261 e. The van der Waals surface area contributed by atoms with Crippen molar-refractivity contribution in [2.45, 2.75) is 37.1 Å². The van der Waals surface area contributed by atoms with E-state index < -0.39 is 11.6 Å². The minimum Gasteiger partial charge on any atom is -0.487 e. The van der Waals surface area contributed by atoms with Crippen molar-refractivity contribution in [3.63, 3.8) is 0 Å². The number of nitrogens with zero attached hydrogens (tertiary/aromatic N) is 8. The minimum atomic E-state index is -1.97. The zero-order chi connectivity index (χ0) is 21.9. The number of hydrogen-bond acceptors (Lipinski definition) is 8. The van der Waals surface area contributed by atoms with Gasteiger partial charge >= 0.3 is 0 Å². The van der Waals surface area contributed by atoms with Crippen LogP contribution in [-0.4, -0.2) is 66.8 Å². The van der Waals surface area contributed by atoms with Gasteiger partial charge in [-0.2, -0.15) is 10.4 Å². The summed E-state index contributed by atoms with van der Waals surface area (Å²) in [6.07, 6.45) is 8.29. The number of halogens is 1. The van der Waals surface area contributed by atoms with E-state index in [9.17, 15) is 10.1 Å². The molecule has 3 aromatic rings. The molecule has 2 saturated heterocycles. The predicted molar refractivity (Wildman–Crippen MR) is 109 cm³/mol. The van der Waals surface area contributed by atoms with Crippen LogP contribution in [0.3, 0.4) is 0 Å². The van der Waals surface area contributed by atoms with Gasteiger partial charge in [0.05, 0.1) is 12.6 Å². The van der Waals surface area contributed by atoms with Crippen LogP contribution < -0.4 is 9.64 Å². The number of amides is 1. The van der Waals surface area contributed by atoms with E-state index in [-0.39, 0.29) is 25.0 Å². The molecule has 0 aromatic carbocycles. The fraction of sp³-hybridized carbons (Fsp3) is 0.429. The topological polar surface area (TPSA) is 113 Å². The van der Waals surface area contributed by atoms with Gasteiger partial charge in [0.2, 0.25) is 0 Å². The molecule has 2 fully saturated rings. The lowest BCUT2D eigenvalue weighted by Gasteiger charge is -2.38. The first-order valence-electron chi connectivity index (χ1n) is 10.5. The average molecular weight is 434 g/mol. The normalized spacial score (nSPS) is 23.5. The fourth-order valence-corrected chi connectivity index (χ4v) is 4.99. The lowest BCUT2D eigenvalue weighted by molar-refractivity contribution is -0.146. The molecule has 0 N–H and O–H groups in total. The summed E-state index contributed by atoms with van der Waals surface area (Å²) in [6, 6.07) is 1.76. The van der Waals surface area contributed by atoms with Gasteiger partial charge in [-0.25, -0.2) is 18.9 Å². The molecule has 3 aliphatic rings. The van der Waals surface area contributed by atoms with Crippen molar-refractivity contribution in [2.75, 3.05) is 24.5 Å². The van der Waals surface area contributed by atoms with Gasteiger partial charge in [-0.15, -0.1) is 0 Å². The molecule has 2 bridgehead atoms. The lowest BCUT2D eigenvalue weighted by Crippen LogP contribution is -2.52. The maximum atomic E-state index is 16.0. The SMILES string of the molecule is N#Cc1cncc2c1O[C@H]1C[C@@H]2N(C(=O)C2(F)CCN(c3nccn4ncnc34)CC2)C1. The van der Waals surface area contributed by atoms with Crippen LogP contribution in [0.2, 0.25) is 0 Å². The first-order valence-corrected chi connectivity index (χ1v) is 10.5. The van der Waals surface area contributed by atoms with E-state index in [1.165, 1.54) is 12.5 Å². The third-order valence-corrected chi connectivity index (χ3v) is 6.63. The molecule has 3 aromatic heterocycles. The number of carbonyl (C=O) groups is 1. The largest absolute Gasteiger partial charge is 0.487 e. The molecule has 0 radical (unpaired) electrons. The molecule has 162 valence electrons.